The van der Waals surface area contributed by atoms with Gasteiger partial charge in [-0.1, -0.05) is 43.5 Å². The zero-order valence-electron chi connectivity index (χ0n) is 11.0. The summed E-state index contributed by atoms with van der Waals surface area (Å²) < 4.78 is 0. The molecule has 0 radical (unpaired) electrons. The summed E-state index contributed by atoms with van der Waals surface area (Å²) in [6, 6.07) is 8.68. The Morgan fingerprint density at radius 2 is 2.17 bits per heavy atom. The van der Waals surface area contributed by atoms with Gasteiger partial charge in [-0.2, -0.15) is 11.8 Å². The third kappa shape index (κ3) is 4.18. The van der Waals surface area contributed by atoms with E-state index in [0.29, 0.717) is 6.04 Å². The molecule has 0 aliphatic heterocycles. The minimum atomic E-state index is 0.430. The average molecular weight is 284 g/mol. The van der Waals surface area contributed by atoms with Gasteiger partial charge in [-0.15, -0.1) is 0 Å². The van der Waals surface area contributed by atoms with Crippen LogP contribution in [-0.2, 0) is 0 Å². The number of benzene rings is 1. The molecule has 0 spiro atoms. The Balaban J connectivity index is 1.94. The van der Waals surface area contributed by atoms with E-state index >= 15 is 0 Å². The SMILES string of the molecule is CCNC(CSC1CCCC1)c1cccc(Cl)c1. The molecule has 1 aromatic rings. The first-order chi connectivity index (χ1) is 8.79. The number of nitrogens with one attached hydrogen (secondary N) is 1. The van der Waals surface area contributed by atoms with Gasteiger partial charge < -0.3 is 5.32 Å². The Hall–Kier alpha value is -0.180. The van der Waals surface area contributed by atoms with E-state index in [9.17, 15) is 0 Å². The Morgan fingerprint density at radius 1 is 1.39 bits per heavy atom. The maximum Gasteiger partial charge on any atom is 0.0412 e. The molecule has 0 heterocycles. The minimum absolute atomic E-state index is 0.430. The lowest BCUT2D eigenvalue weighted by Crippen LogP contribution is -2.23. The van der Waals surface area contributed by atoms with Crippen molar-refractivity contribution in [2.75, 3.05) is 12.3 Å². The highest BCUT2D eigenvalue weighted by Gasteiger charge is 2.18. The quantitative estimate of drug-likeness (QED) is 0.814. The molecule has 100 valence electrons. The highest BCUT2D eigenvalue weighted by atomic mass is 35.5. The molecule has 1 fully saturated rings. The van der Waals surface area contributed by atoms with Gasteiger partial charge in [-0.25, -0.2) is 0 Å². The number of thioether (sulfide) groups is 1. The van der Waals surface area contributed by atoms with E-state index in [4.69, 9.17) is 11.6 Å². The molecule has 0 saturated heterocycles. The zero-order chi connectivity index (χ0) is 12.8. The predicted molar refractivity (Wildman–Crippen MR) is 82.6 cm³/mol. The second kappa shape index (κ2) is 7.42. The zero-order valence-corrected chi connectivity index (χ0v) is 12.6. The van der Waals surface area contributed by atoms with Crippen LogP contribution in [-0.4, -0.2) is 17.5 Å². The fourth-order valence-corrected chi connectivity index (χ4v) is 4.17. The molecule has 1 nitrogen and oxygen atoms in total. The van der Waals surface area contributed by atoms with Crippen molar-refractivity contribution in [2.24, 2.45) is 0 Å². The smallest absolute Gasteiger partial charge is 0.0412 e. The fourth-order valence-electron chi connectivity index (χ4n) is 2.53. The van der Waals surface area contributed by atoms with E-state index in [2.05, 4.69) is 36.1 Å². The van der Waals surface area contributed by atoms with Crippen molar-refractivity contribution in [3.8, 4) is 0 Å². The van der Waals surface area contributed by atoms with Crippen molar-refractivity contribution in [1.82, 2.24) is 5.32 Å². The van der Waals surface area contributed by atoms with Crippen molar-refractivity contribution in [3.05, 3.63) is 34.9 Å². The molecule has 1 aliphatic rings. The van der Waals surface area contributed by atoms with Crippen LogP contribution in [0.2, 0.25) is 5.02 Å². The third-order valence-electron chi connectivity index (χ3n) is 3.50. The van der Waals surface area contributed by atoms with Gasteiger partial charge >= 0.3 is 0 Å². The molecule has 2 rings (SSSR count). The molecular weight excluding hydrogens is 262 g/mol. The molecule has 1 atom stereocenters. The van der Waals surface area contributed by atoms with E-state index in [0.717, 1.165) is 22.6 Å². The molecular formula is C15H22ClNS. The van der Waals surface area contributed by atoms with Crippen LogP contribution < -0.4 is 5.32 Å². The van der Waals surface area contributed by atoms with Crippen molar-refractivity contribution in [1.29, 1.82) is 0 Å². The molecule has 0 bridgehead atoms. The Kier molecular flexibility index (Phi) is 5.87. The van der Waals surface area contributed by atoms with Gasteiger partial charge in [0, 0.05) is 22.1 Å². The Morgan fingerprint density at radius 3 is 2.83 bits per heavy atom. The number of hydrogen-bond donors (Lipinski definition) is 1. The van der Waals surface area contributed by atoms with Gasteiger partial charge in [0.25, 0.3) is 0 Å². The summed E-state index contributed by atoms with van der Waals surface area (Å²) in [5.74, 6) is 1.15. The normalized spacial score (nSPS) is 18.1. The molecule has 3 heteroatoms. The van der Waals surface area contributed by atoms with Crippen LogP contribution in [0, 0.1) is 0 Å². The lowest BCUT2D eigenvalue weighted by Gasteiger charge is -2.20. The van der Waals surface area contributed by atoms with Gasteiger partial charge in [0.15, 0.2) is 0 Å². The van der Waals surface area contributed by atoms with Gasteiger partial charge in [0.2, 0.25) is 0 Å². The largest absolute Gasteiger partial charge is 0.310 e. The van der Waals surface area contributed by atoms with Gasteiger partial charge in [0.05, 0.1) is 0 Å². The van der Waals surface area contributed by atoms with E-state index in [1.807, 2.05) is 12.1 Å². The summed E-state index contributed by atoms with van der Waals surface area (Å²) in [4.78, 5) is 0. The molecule has 1 unspecified atom stereocenters. The van der Waals surface area contributed by atoms with Gasteiger partial charge in [-0.05, 0) is 37.1 Å². The molecule has 0 aromatic heterocycles. The van der Waals surface area contributed by atoms with Crippen LogP contribution in [0.25, 0.3) is 0 Å². The summed E-state index contributed by atoms with van der Waals surface area (Å²) in [5.41, 5.74) is 1.31. The monoisotopic (exact) mass is 283 g/mol. The number of rotatable bonds is 6. The first-order valence-corrected chi connectivity index (χ1v) is 8.32. The van der Waals surface area contributed by atoms with Crippen LogP contribution in [0.1, 0.15) is 44.2 Å². The molecule has 1 aromatic carbocycles. The predicted octanol–water partition coefficient (Wildman–Crippen LogP) is 4.67. The molecule has 1 saturated carbocycles. The number of hydrogen-bond acceptors (Lipinski definition) is 2. The highest BCUT2D eigenvalue weighted by Crippen LogP contribution is 2.32. The van der Waals surface area contributed by atoms with Crippen molar-refractivity contribution < 1.29 is 0 Å². The van der Waals surface area contributed by atoms with Crippen molar-refractivity contribution in [3.63, 3.8) is 0 Å². The molecule has 0 amide bonds. The summed E-state index contributed by atoms with van der Waals surface area (Å²) in [7, 11) is 0. The van der Waals surface area contributed by atoms with Crippen LogP contribution in [0.4, 0.5) is 0 Å². The van der Waals surface area contributed by atoms with Gasteiger partial charge in [-0.3, -0.25) is 0 Å². The molecule has 1 N–H and O–H groups in total. The summed E-state index contributed by atoms with van der Waals surface area (Å²) in [6.07, 6.45) is 5.64. The first kappa shape index (κ1) is 14.2. The Bertz CT molecular complexity index is 363. The highest BCUT2D eigenvalue weighted by molar-refractivity contribution is 7.99. The second-order valence-electron chi connectivity index (χ2n) is 4.91. The van der Waals surface area contributed by atoms with Crippen LogP contribution >= 0.6 is 23.4 Å². The van der Waals surface area contributed by atoms with Crippen LogP contribution in [0.3, 0.4) is 0 Å². The minimum Gasteiger partial charge on any atom is -0.310 e. The molecule has 1 aliphatic carbocycles. The lowest BCUT2D eigenvalue weighted by molar-refractivity contribution is 0.605. The van der Waals surface area contributed by atoms with E-state index < -0.39 is 0 Å². The van der Waals surface area contributed by atoms with Crippen molar-refractivity contribution >= 4 is 23.4 Å². The first-order valence-electron chi connectivity index (χ1n) is 6.90. The maximum absolute atomic E-state index is 6.08. The third-order valence-corrected chi connectivity index (χ3v) is 5.21. The molecule has 18 heavy (non-hydrogen) atoms. The maximum atomic E-state index is 6.08. The topological polar surface area (TPSA) is 12.0 Å². The summed E-state index contributed by atoms with van der Waals surface area (Å²) in [6.45, 7) is 3.17. The van der Waals surface area contributed by atoms with E-state index in [-0.39, 0.29) is 0 Å². The lowest BCUT2D eigenvalue weighted by atomic mass is 10.1. The number of halogens is 1. The standard InChI is InChI=1S/C15H22ClNS/c1-2-17-15(11-18-14-8-3-4-9-14)12-6-5-7-13(16)10-12/h5-7,10,14-15,17H,2-4,8-9,11H2,1H3. The van der Waals surface area contributed by atoms with Crippen LogP contribution in [0.15, 0.2) is 24.3 Å². The van der Waals surface area contributed by atoms with Crippen LogP contribution in [0.5, 0.6) is 0 Å². The summed E-state index contributed by atoms with van der Waals surface area (Å²) in [5, 5.41) is 5.29. The second-order valence-corrected chi connectivity index (χ2v) is 6.67. The van der Waals surface area contributed by atoms with E-state index in [1.165, 1.54) is 31.2 Å². The van der Waals surface area contributed by atoms with Gasteiger partial charge in [0.1, 0.15) is 0 Å². The summed E-state index contributed by atoms with van der Waals surface area (Å²) >= 11 is 8.21. The van der Waals surface area contributed by atoms with Crippen molar-refractivity contribution in [2.45, 2.75) is 43.9 Å². The Labute approximate surface area is 120 Å². The fraction of sp³-hybridized carbons (Fsp3) is 0.600. The van der Waals surface area contributed by atoms with E-state index in [1.54, 1.807) is 0 Å². The average Bonchev–Trinajstić information content (AvgIpc) is 2.87.